The van der Waals surface area contributed by atoms with Gasteiger partial charge in [0.1, 0.15) is 0 Å². The Morgan fingerprint density at radius 1 is 1.35 bits per heavy atom. The molecule has 0 fully saturated rings. The molecule has 0 amide bonds. The Bertz CT molecular complexity index is 587. The first-order valence-electron chi connectivity index (χ1n) is 4.82. The summed E-state index contributed by atoms with van der Waals surface area (Å²) in [5.41, 5.74) is 1.89. The predicted molar refractivity (Wildman–Crippen MR) is 63.9 cm³/mol. The van der Waals surface area contributed by atoms with E-state index in [1.807, 2.05) is 0 Å². The van der Waals surface area contributed by atoms with Crippen LogP contribution in [0.5, 0.6) is 0 Å². The summed E-state index contributed by atoms with van der Waals surface area (Å²) in [5, 5.41) is 10.9. The Balaban J connectivity index is 2.60. The SMILES string of the molecule is Cc1c(-c2ccnc(Cl)n2)cccc1[N+](=O)[O-]. The number of halogens is 1. The van der Waals surface area contributed by atoms with Gasteiger partial charge < -0.3 is 0 Å². The Kier molecular flexibility index (Phi) is 3.01. The molecular formula is C11H8ClN3O2. The van der Waals surface area contributed by atoms with E-state index in [4.69, 9.17) is 11.6 Å². The van der Waals surface area contributed by atoms with Gasteiger partial charge in [0.25, 0.3) is 5.69 Å². The van der Waals surface area contributed by atoms with Gasteiger partial charge in [-0.05, 0) is 24.6 Å². The maximum Gasteiger partial charge on any atom is 0.272 e. The zero-order valence-corrected chi connectivity index (χ0v) is 9.68. The summed E-state index contributed by atoms with van der Waals surface area (Å²) in [7, 11) is 0. The average Bonchev–Trinajstić information content (AvgIpc) is 2.29. The van der Waals surface area contributed by atoms with E-state index in [-0.39, 0.29) is 11.0 Å². The molecule has 1 aromatic carbocycles. The number of hydrogen-bond acceptors (Lipinski definition) is 4. The van der Waals surface area contributed by atoms with Gasteiger partial charge in [0.05, 0.1) is 10.6 Å². The lowest BCUT2D eigenvalue weighted by Crippen LogP contribution is -1.95. The van der Waals surface area contributed by atoms with Gasteiger partial charge in [-0.1, -0.05) is 12.1 Å². The minimum atomic E-state index is -0.415. The highest BCUT2D eigenvalue weighted by Gasteiger charge is 2.15. The second kappa shape index (κ2) is 4.47. The van der Waals surface area contributed by atoms with E-state index in [2.05, 4.69) is 9.97 Å². The standard InChI is InChI=1S/C11H8ClN3O2/c1-7-8(3-2-4-10(7)15(16)17)9-5-6-13-11(12)14-9/h2-6H,1H3. The molecule has 86 valence electrons. The molecule has 17 heavy (non-hydrogen) atoms. The number of aromatic nitrogens is 2. The highest BCUT2D eigenvalue weighted by atomic mass is 35.5. The van der Waals surface area contributed by atoms with Gasteiger partial charge in [-0.2, -0.15) is 0 Å². The average molecular weight is 250 g/mol. The first-order valence-corrected chi connectivity index (χ1v) is 5.20. The summed E-state index contributed by atoms with van der Waals surface area (Å²) in [6, 6.07) is 6.51. The van der Waals surface area contributed by atoms with Crippen molar-refractivity contribution < 1.29 is 4.92 Å². The first-order chi connectivity index (χ1) is 8.09. The predicted octanol–water partition coefficient (Wildman–Crippen LogP) is 3.01. The van der Waals surface area contributed by atoms with E-state index in [0.717, 1.165) is 0 Å². The van der Waals surface area contributed by atoms with Crippen molar-refractivity contribution in [3.63, 3.8) is 0 Å². The van der Waals surface area contributed by atoms with Gasteiger partial charge >= 0.3 is 0 Å². The highest BCUT2D eigenvalue weighted by Crippen LogP contribution is 2.28. The third-order valence-electron chi connectivity index (χ3n) is 2.40. The second-order valence-corrected chi connectivity index (χ2v) is 3.76. The monoisotopic (exact) mass is 249 g/mol. The molecule has 0 radical (unpaired) electrons. The summed E-state index contributed by atoms with van der Waals surface area (Å²) in [4.78, 5) is 18.2. The Morgan fingerprint density at radius 2 is 2.12 bits per heavy atom. The molecule has 2 aromatic rings. The number of nitrogens with zero attached hydrogens (tertiary/aromatic N) is 3. The molecule has 0 aliphatic heterocycles. The minimum Gasteiger partial charge on any atom is -0.258 e. The molecule has 2 rings (SSSR count). The number of nitro benzene ring substituents is 1. The quantitative estimate of drug-likeness (QED) is 0.466. The zero-order valence-electron chi connectivity index (χ0n) is 8.92. The molecule has 0 aliphatic carbocycles. The normalized spacial score (nSPS) is 10.2. The largest absolute Gasteiger partial charge is 0.272 e. The van der Waals surface area contributed by atoms with Gasteiger partial charge in [-0.15, -0.1) is 0 Å². The lowest BCUT2D eigenvalue weighted by atomic mass is 10.0. The third kappa shape index (κ3) is 2.24. The van der Waals surface area contributed by atoms with Crippen LogP contribution in [0.15, 0.2) is 30.5 Å². The van der Waals surface area contributed by atoms with Gasteiger partial charge in [0.2, 0.25) is 5.28 Å². The van der Waals surface area contributed by atoms with Crippen LogP contribution in [0.2, 0.25) is 5.28 Å². The summed E-state index contributed by atoms with van der Waals surface area (Å²) < 4.78 is 0. The molecule has 0 saturated heterocycles. The number of rotatable bonds is 2. The van der Waals surface area contributed by atoms with Crippen molar-refractivity contribution in [2.45, 2.75) is 6.92 Å². The second-order valence-electron chi connectivity index (χ2n) is 3.42. The topological polar surface area (TPSA) is 68.9 Å². The molecule has 1 aromatic heterocycles. The maximum absolute atomic E-state index is 10.8. The van der Waals surface area contributed by atoms with Crippen LogP contribution < -0.4 is 0 Å². The van der Waals surface area contributed by atoms with E-state index < -0.39 is 4.92 Å². The molecule has 1 heterocycles. The zero-order chi connectivity index (χ0) is 12.4. The minimum absolute atomic E-state index is 0.0669. The fourth-order valence-corrected chi connectivity index (χ4v) is 1.73. The molecule has 6 heteroatoms. The van der Waals surface area contributed by atoms with Crippen LogP contribution in [0.25, 0.3) is 11.3 Å². The molecule has 0 unspecified atom stereocenters. The van der Waals surface area contributed by atoms with Crippen LogP contribution in [-0.2, 0) is 0 Å². The van der Waals surface area contributed by atoms with E-state index >= 15 is 0 Å². The molecule has 0 saturated carbocycles. The molecule has 0 N–H and O–H groups in total. The van der Waals surface area contributed by atoms with E-state index in [0.29, 0.717) is 16.8 Å². The van der Waals surface area contributed by atoms with Gasteiger partial charge in [-0.25, -0.2) is 9.97 Å². The molecule has 0 spiro atoms. The first kappa shape index (κ1) is 11.5. The van der Waals surface area contributed by atoms with E-state index in [9.17, 15) is 10.1 Å². The number of nitro groups is 1. The summed E-state index contributed by atoms with van der Waals surface area (Å²) in [5.74, 6) is 0. The van der Waals surface area contributed by atoms with Crippen molar-refractivity contribution in [1.29, 1.82) is 0 Å². The summed E-state index contributed by atoms with van der Waals surface area (Å²) in [6.07, 6.45) is 1.52. The van der Waals surface area contributed by atoms with Crippen molar-refractivity contribution in [3.05, 3.63) is 51.4 Å². The number of hydrogen-bond donors (Lipinski definition) is 0. The fraction of sp³-hybridized carbons (Fsp3) is 0.0909. The lowest BCUT2D eigenvalue weighted by molar-refractivity contribution is -0.385. The van der Waals surface area contributed by atoms with Crippen molar-refractivity contribution in [2.24, 2.45) is 0 Å². The Morgan fingerprint density at radius 3 is 2.76 bits per heavy atom. The molecular weight excluding hydrogens is 242 g/mol. The van der Waals surface area contributed by atoms with Gasteiger partial charge in [0, 0.05) is 23.4 Å². The van der Waals surface area contributed by atoms with E-state index in [1.165, 1.54) is 12.3 Å². The van der Waals surface area contributed by atoms with Crippen molar-refractivity contribution in [1.82, 2.24) is 9.97 Å². The van der Waals surface area contributed by atoms with Crippen molar-refractivity contribution in [2.75, 3.05) is 0 Å². The smallest absolute Gasteiger partial charge is 0.258 e. The highest BCUT2D eigenvalue weighted by molar-refractivity contribution is 6.28. The van der Waals surface area contributed by atoms with Crippen LogP contribution in [0.3, 0.4) is 0 Å². The third-order valence-corrected chi connectivity index (χ3v) is 2.59. The van der Waals surface area contributed by atoms with Gasteiger partial charge in [0.15, 0.2) is 0 Å². The lowest BCUT2D eigenvalue weighted by Gasteiger charge is -2.05. The van der Waals surface area contributed by atoms with Crippen molar-refractivity contribution in [3.8, 4) is 11.3 Å². The van der Waals surface area contributed by atoms with Gasteiger partial charge in [-0.3, -0.25) is 10.1 Å². The van der Waals surface area contributed by atoms with Crippen LogP contribution in [-0.4, -0.2) is 14.9 Å². The summed E-state index contributed by atoms with van der Waals surface area (Å²) in [6.45, 7) is 1.68. The molecule has 0 atom stereocenters. The van der Waals surface area contributed by atoms with Crippen molar-refractivity contribution >= 4 is 17.3 Å². The molecule has 5 nitrogen and oxygen atoms in total. The fourth-order valence-electron chi connectivity index (χ4n) is 1.58. The summed E-state index contributed by atoms with van der Waals surface area (Å²) >= 11 is 5.69. The van der Waals surface area contributed by atoms with Crippen LogP contribution >= 0.6 is 11.6 Å². The molecule has 0 aliphatic rings. The maximum atomic E-state index is 10.8. The van der Waals surface area contributed by atoms with Crippen LogP contribution in [0.4, 0.5) is 5.69 Å². The Hall–Kier alpha value is -2.01. The van der Waals surface area contributed by atoms with Crippen LogP contribution in [0.1, 0.15) is 5.56 Å². The number of benzene rings is 1. The van der Waals surface area contributed by atoms with E-state index in [1.54, 1.807) is 25.1 Å². The molecule has 0 bridgehead atoms. The Labute approximate surface area is 102 Å². The van der Waals surface area contributed by atoms with Crippen LogP contribution in [0, 0.1) is 17.0 Å².